The van der Waals surface area contributed by atoms with Gasteiger partial charge in [0.1, 0.15) is 5.82 Å². The molecule has 2 nitrogen and oxygen atoms in total. The molecule has 1 aromatic rings. The number of fused-ring (bicyclic) bond motifs is 1. The number of hydrogen-bond donors (Lipinski definition) is 1. The summed E-state index contributed by atoms with van der Waals surface area (Å²) in [6, 6.07) is 6.02. The molecule has 1 heterocycles. The normalized spacial score (nSPS) is 16.4. The Balaban J connectivity index is 2.07. The second-order valence-corrected chi connectivity index (χ2v) is 5.13. The van der Waals surface area contributed by atoms with Crippen LogP contribution in [-0.4, -0.2) is 25.2 Å². The summed E-state index contributed by atoms with van der Waals surface area (Å²) in [6.45, 7) is 8.41. The largest absolute Gasteiger partial charge is 0.367 e. The van der Waals surface area contributed by atoms with Crippen molar-refractivity contribution in [2.45, 2.75) is 39.3 Å². The van der Waals surface area contributed by atoms with E-state index in [9.17, 15) is 4.39 Å². The molecule has 0 radical (unpaired) electrons. The van der Waals surface area contributed by atoms with Gasteiger partial charge in [0.15, 0.2) is 0 Å². The van der Waals surface area contributed by atoms with E-state index in [1.54, 1.807) is 12.1 Å². The quantitative estimate of drug-likeness (QED) is 0.864. The van der Waals surface area contributed by atoms with Crippen molar-refractivity contribution in [1.82, 2.24) is 5.32 Å². The van der Waals surface area contributed by atoms with Crippen molar-refractivity contribution in [2.75, 3.05) is 18.0 Å². The maximum atomic E-state index is 13.3. The van der Waals surface area contributed by atoms with E-state index in [0.717, 1.165) is 25.2 Å². The standard InChI is InChI=1S/C14H21FN2/c1-10(2)16-9-11(3)17-7-6-12-4-5-13(15)8-14(12)17/h4-5,8,10-11,16H,6-7,9H2,1-3H3. The molecule has 0 aliphatic carbocycles. The number of nitrogens with zero attached hydrogens (tertiary/aromatic N) is 1. The zero-order valence-corrected chi connectivity index (χ0v) is 10.8. The Bertz CT molecular complexity index is 390. The van der Waals surface area contributed by atoms with Gasteiger partial charge in [0, 0.05) is 30.9 Å². The molecule has 1 unspecified atom stereocenters. The van der Waals surface area contributed by atoms with Crippen LogP contribution in [0.4, 0.5) is 10.1 Å². The summed E-state index contributed by atoms with van der Waals surface area (Å²) in [7, 11) is 0. The molecule has 0 bridgehead atoms. The fraction of sp³-hybridized carbons (Fsp3) is 0.571. The second-order valence-electron chi connectivity index (χ2n) is 5.13. The average Bonchev–Trinajstić information content (AvgIpc) is 2.68. The van der Waals surface area contributed by atoms with Crippen LogP contribution in [0.25, 0.3) is 0 Å². The summed E-state index contributed by atoms with van der Waals surface area (Å²) in [5.74, 6) is -0.139. The molecule has 94 valence electrons. The zero-order valence-electron chi connectivity index (χ0n) is 10.8. The van der Waals surface area contributed by atoms with Crippen LogP contribution < -0.4 is 10.2 Å². The maximum absolute atomic E-state index is 13.3. The molecule has 0 amide bonds. The first-order valence-electron chi connectivity index (χ1n) is 6.36. The predicted octanol–water partition coefficient (Wildman–Crippen LogP) is 2.57. The van der Waals surface area contributed by atoms with Gasteiger partial charge in [-0.05, 0) is 31.0 Å². The van der Waals surface area contributed by atoms with Crippen LogP contribution in [0.2, 0.25) is 0 Å². The summed E-state index contributed by atoms with van der Waals surface area (Å²) in [6.07, 6.45) is 1.03. The Morgan fingerprint density at radius 3 is 2.82 bits per heavy atom. The molecule has 2 rings (SSSR count). The van der Waals surface area contributed by atoms with E-state index >= 15 is 0 Å². The smallest absolute Gasteiger partial charge is 0.125 e. The highest BCUT2D eigenvalue weighted by Gasteiger charge is 2.23. The highest BCUT2D eigenvalue weighted by molar-refractivity contribution is 5.58. The lowest BCUT2D eigenvalue weighted by Gasteiger charge is -2.28. The molecular weight excluding hydrogens is 215 g/mol. The monoisotopic (exact) mass is 236 g/mol. The van der Waals surface area contributed by atoms with Crippen LogP contribution in [0.15, 0.2) is 18.2 Å². The lowest BCUT2D eigenvalue weighted by molar-refractivity contribution is 0.523. The van der Waals surface area contributed by atoms with Crippen LogP contribution in [0.5, 0.6) is 0 Å². The van der Waals surface area contributed by atoms with Crippen molar-refractivity contribution in [3.05, 3.63) is 29.6 Å². The molecule has 0 fully saturated rings. The molecule has 1 aromatic carbocycles. The second kappa shape index (κ2) is 5.05. The number of benzene rings is 1. The Morgan fingerprint density at radius 2 is 2.12 bits per heavy atom. The van der Waals surface area contributed by atoms with Gasteiger partial charge in [-0.1, -0.05) is 19.9 Å². The Kier molecular flexibility index (Phi) is 3.67. The highest BCUT2D eigenvalue weighted by atomic mass is 19.1. The first-order chi connectivity index (χ1) is 8.08. The van der Waals surface area contributed by atoms with E-state index in [2.05, 4.69) is 31.0 Å². The van der Waals surface area contributed by atoms with Crippen LogP contribution in [0, 0.1) is 5.82 Å². The average molecular weight is 236 g/mol. The van der Waals surface area contributed by atoms with Gasteiger partial charge in [-0.3, -0.25) is 0 Å². The van der Waals surface area contributed by atoms with E-state index in [0.29, 0.717) is 12.1 Å². The molecular formula is C14H21FN2. The number of anilines is 1. The van der Waals surface area contributed by atoms with Crippen LogP contribution in [-0.2, 0) is 6.42 Å². The Morgan fingerprint density at radius 1 is 1.35 bits per heavy atom. The van der Waals surface area contributed by atoms with E-state index in [-0.39, 0.29) is 5.82 Å². The minimum atomic E-state index is -0.139. The third-order valence-electron chi connectivity index (χ3n) is 3.33. The number of hydrogen-bond acceptors (Lipinski definition) is 2. The summed E-state index contributed by atoms with van der Waals surface area (Å²) in [5.41, 5.74) is 2.34. The van der Waals surface area contributed by atoms with Gasteiger partial charge in [0.2, 0.25) is 0 Å². The maximum Gasteiger partial charge on any atom is 0.125 e. The van der Waals surface area contributed by atoms with Crippen LogP contribution >= 0.6 is 0 Å². The van der Waals surface area contributed by atoms with Gasteiger partial charge in [-0.15, -0.1) is 0 Å². The summed E-state index contributed by atoms with van der Waals surface area (Å²) < 4.78 is 13.3. The summed E-state index contributed by atoms with van der Waals surface area (Å²) in [5, 5.41) is 3.43. The zero-order chi connectivity index (χ0) is 12.4. The van der Waals surface area contributed by atoms with Crippen LogP contribution in [0.1, 0.15) is 26.3 Å². The highest BCUT2D eigenvalue weighted by Crippen LogP contribution is 2.30. The molecule has 0 saturated heterocycles. The number of nitrogens with one attached hydrogen (secondary N) is 1. The third-order valence-corrected chi connectivity index (χ3v) is 3.33. The van der Waals surface area contributed by atoms with Gasteiger partial charge in [0.25, 0.3) is 0 Å². The first-order valence-corrected chi connectivity index (χ1v) is 6.36. The minimum Gasteiger partial charge on any atom is -0.367 e. The summed E-state index contributed by atoms with van der Waals surface area (Å²) in [4.78, 5) is 2.30. The molecule has 0 saturated carbocycles. The van der Waals surface area contributed by atoms with Crippen molar-refractivity contribution in [3.8, 4) is 0 Å². The topological polar surface area (TPSA) is 15.3 Å². The molecule has 17 heavy (non-hydrogen) atoms. The van der Waals surface area contributed by atoms with Crippen LogP contribution in [0.3, 0.4) is 0 Å². The third kappa shape index (κ3) is 2.78. The molecule has 1 N–H and O–H groups in total. The Hall–Kier alpha value is -1.09. The molecule has 1 aliphatic heterocycles. The SMILES string of the molecule is CC(C)NCC(C)N1CCc2ccc(F)cc21. The van der Waals surface area contributed by atoms with Gasteiger partial charge >= 0.3 is 0 Å². The molecule has 1 atom stereocenters. The van der Waals surface area contributed by atoms with Gasteiger partial charge < -0.3 is 10.2 Å². The fourth-order valence-electron chi connectivity index (χ4n) is 2.35. The molecule has 3 heteroatoms. The van der Waals surface area contributed by atoms with Crippen molar-refractivity contribution in [2.24, 2.45) is 0 Å². The van der Waals surface area contributed by atoms with E-state index < -0.39 is 0 Å². The predicted molar refractivity (Wildman–Crippen MR) is 70.1 cm³/mol. The van der Waals surface area contributed by atoms with Gasteiger partial charge in [0.05, 0.1) is 0 Å². The molecule has 0 aromatic heterocycles. The van der Waals surface area contributed by atoms with Gasteiger partial charge in [-0.2, -0.15) is 0 Å². The van der Waals surface area contributed by atoms with Crippen molar-refractivity contribution >= 4 is 5.69 Å². The minimum absolute atomic E-state index is 0.139. The van der Waals surface area contributed by atoms with Crippen molar-refractivity contribution < 1.29 is 4.39 Å². The van der Waals surface area contributed by atoms with Gasteiger partial charge in [-0.25, -0.2) is 4.39 Å². The summed E-state index contributed by atoms with van der Waals surface area (Å²) >= 11 is 0. The lowest BCUT2D eigenvalue weighted by atomic mass is 10.1. The number of halogens is 1. The Labute approximate surface area is 103 Å². The van der Waals surface area contributed by atoms with Crippen molar-refractivity contribution in [1.29, 1.82) is 0 Å². The lowest BCUT2D eigenvalue weighted by Crippen LogP contribution is -2.41. The molecule has 1 aliphatic rings. The first kappa shape index (κ1) is 12.4. The van der Waals surface area contributed by atoms with E-state index in [1.165, 1.54) is 5.56 Å². The van der Waals surface area contributed by atoms with E-state index in [1.807, 2.05) is 6.07 Å². The number of rotatable bonds is 4. The fourth-order valence-corrected chi connectivity index (χ4v) is 2.35. The van der Waals surface area contributed by atoms with Crippen molar-refractivity contribution in [3.63, 3.8) is 0 Å². The molecule has 0 spiro atoms. The van der Waals surface area contributed by atoms with E-state index in [4.69, 9.17) is 0 Å².